The van der Waals surface area contributed by atoms with Gasteiger partial charge in [0.2, 0.25) is 0 Å². The Bertz CT molecular complexity index is 233. The Labute approximate surface area is 114 Å². The van der Waals surface area contributed by atoms with Gasteiger partial charge in [-0.1, -0.05) is 26.7 Å². The zero-order valence-electron chi connectivity index (χ0n) is 12.6. The van der Waals surface area contributed by atoms with E-state index in [1.807, 2.05) is 0 Å². The fraction of sp³-hybridized carbons (Fsp3) is 1.00. The third-order valence-corrected chi connectivity index (χ3v) is 5.04. The van der Waals surface area contributed by atoms with Crippen molar-refractivity contribution in [1.82, 2.24) is 10.2 Å². The molecule has 0 saturated heterocycles. The standard InChI is InChI=1S/C16H32N2/c1-13(2)10-11-18(15-6-4-5-7-15)16-9-8-14(12-16)17-3/h13-17H,4-12H2,1-3H3. The molecule has 0 aromatic rings. The predicted octanol–water partition coefficient (Wildman–Crippen LogP) is 3.42. The molecule has 0 amide bonds. The Kier molecular flexibility index (Phi) is 5.50. The molecule has 0 spiro atoms. The van der Waals surface area contributed by atoms with Crippen LogP contribution in [0, 0.1) is 5.92 Å². The summed E-state index contributed by atoms with van der Waals surface area (Å²) < 4.78 is 0. The van der Waals surface area contributed by atoms with Gasteiger partial charge in [0, 0.05) is 18.1 Å². The second-order valence-corrected chi connectivity index (χ2v) is 6.81. The van der Waals surface area contributed by atoms with Gasteiger partial charge in [-0.15, -0.1) is 0 Å². The largest absolute Gasteiger partial charge is 0.317 e. The maximum atomic E-state index is 3.48. The SMILES string of the molecule is CNC1CCC(N(CCC(C)C)C2CCCC2)C1. The number of nitrogens with zero attached hydrogens (tertiary/aromatic N) is 1. The van der Waals surface area contributed by atoms with Crippen LogP contribution in [0.3, 0.4) is 0 Å². The summed E-state index contributed by atoms with van der Waals surface area (Å²) in [6, 6.07) is 2.55. The van der Waals surface area contributed by atoms with Crippen LogP contribution in [-0.2, 0) is 0 Å². The molecule has 0 bridgehead atoms. The van der Waals surface area contributed by atoms with Gasteiger partial charge in [0.05, 0.1) is 0 Å². The molecule has 2 atom stereocenters. The van der Waals surface area contributed by atoms with Crippen molar-refractivity contribution in [3.63, 3.8) is 0 Å². The van der Waals surface area contributed by atoms with Crippen LogP contribution in [0.1, 0.15) is 65.2 Å². The average Bonchev–Trinajstić information content (AvgIpc) is 2.99. The van der Waals surface area contributed by atoms with Crippen LogP contribution in [-0.4, -0.2) is 36.6 Å². The number of nitrogens with one attached hydrogen (secondary N) is 1. The first kappa shape index (κ1) is 14.3. The lowest BCUT2D eigenvalue weighted by Crippen LogP contribution is -2.42. The Morgan fingerprint density at radius 1 is 1.06 bits per heavy atom. The maximum absolute atomic E-state index is 3.48. The number of hydrogen-bond donors (Lipinski definition) is 1. The highest BCUT2D eigenvalue weighted by atomic mass is 15.2. The zero-order valence-corrected chi connectivity index (χ0v) is 12.6. The monoisotopic (exact) mass is 252 g/mol. The second kappa shape index (κ2) is 6.91. The lowest BCUT2D eigenvalue weighted by atomic mass is 10.1. The molecule has 1 N–H and O–H groups in total. The average molecular weight is 252 g/mol. The van der Waals surface area contributed by atoms with Crippen molar-refractivity contribution in [3.8, 4) is 0 Å². The van der Waals surface area contributed by atoms with Gasteiger partial charge in [0.1, 0.15) is 0 Å². The summed E-state index contributed by atoms with van der Waals surface area (Å²) in [4.78, 5) is 2.89. The van der Waals surface area contributed by atoms with Gasteiger partial charge in [-0.3, -0.25) is 4.90 Å². The Morgan fingerprint density at radius 2 is 1.78 bits per heavy atom. The maximum Gasteiger partial charge on any atom is 0.0114 e. The normalized spacial score (nSPS) is 29.8. The van der Waals surface area contributed by atoms with Crippen molar-refractivity contribution in [2.45, 2.75) is 83.3 Å². The molecule has 0 aromatic carbocycles. The van der Waals surface area contributed by atoms with Crippen LogP contribution < -0.4 is 5.32 Å². The van der Waals surface area contributed by atoms with Crippen molar-refractivity contribution < 1.29 is 0 Å². The first-order chi connectivity index (χ1) is 8.70. The zero-order chi connectivity index (χ0) is 13.0. The summed E-state index contributed by atoms with van der Waals surface area (Å²) in [7, 11) is 2.13. The molecule has 2 unspecified atom stereocenters. The van der Waals surface area contributed by atoms with Crippen LogP contribution in [0.25, 0.3) is 0 Å². The van der Waals surface area contributed by atoms with Crippen LogP contribution >= 0.6 is 0 Å². The molecular weight excluding hydrogens is 220 g/mol. The van der Waals surface area contributed by atoms with E-state index in [9.17, 15) is 0 Å². The highest BCUT2D eigenvalue weighted by Crippen LogP contribution is 2.32. The van der Waals surface area contributed by atoms with Gasteiger partial charge in [-0.2, -0.15) is 0 Å². The minimum Gasteiger partial charge on any atom is -0.317 e. The summed E-state index contributed by atoms with van der Waals surface area (Å²) >= 11 is 0. The van der Waals surface area contributed by atoms with Crippen LogP contribution in [0.15, 0.2) is 0 Å². The van der Waals surface area contributed by atoms with E-state index in [0.717, 1.165) is 24.0 Å². The van der Waals surface area contributed by atoms with Crippen molar-refractivity contribution >= 4 is 0 Å². The first-order valence-corrected chi connectivity index (χ1v) is 8.13. The predicted molar refractivity (Wildman–Crippen MR) is 78.9 cm³/mol. The Hall–Kier alpha value is -0.0800. The van der Waals surface area contributed by atoms with E-state index in [-0.39, 0.29) is 0 Å². The third kappa shape index (κ3) is 3.71. The van der Waals surface area contributed by atoms with E-state index >= 15 is 0 Å². The molecule has 2 aliphatic rings. The van der Waals surface area contributed by atoms with Crippen LogP contribution in [0.4, 0.5) is 0 Å². The molecule has 2 rings (SSSR count). The fourth-order valence-electron chi connectivity index (χ4n) is 3.83. The van der Waals surface area contributed by atoms with Gasteiger partial charge >= 0.3 is 0 Å². The van der Waals surface area contributed by atoms with Crippen molar-refractivity contribution in [3.05, 3.63) is 0 Å². The number of rotatable bonds is 6. The summed E-state index contributed by atoms with van der Waals surface area (Å²) in [5, 5.41) is 3.48. The Morgan fingerprint density at radius 3 is 2.33 bits per heavy atom. The first-order valence-electron chi connectivity index (χ1n) is 8.13. The van der Waals surface area contributed by atoms with Crippen molar-refractivity contribution in [2.24, 2.45) is 5.92 Å². The molecular formula is C16H32N2. The number of hydrogen-bond acceptors (Lipinski definition) is 2. The van der Waals surface area contributed by atoms with E-state index in [1.165, 1.54) is 57.9 Å². The van der Waals surface area contributed by atoms with Gasteiger partial charge < -0.3 is 5.32 Å². The van der Waals surface area contributed by atoms with Gasteiger partial charge in [-0.05, 0) is 58.0 Å². The van der Waals surface area contributed by atoms with Crippen LogP contribution in [0.5, 0.6) is 0 Å². The van der Waals surface area contributed by atoms with Gasteiger partial charge in [0.15, 0.2) is 0 Å². The third-order valence-electron chi connectivity index (χ3n) is 5.04. The second-order valence-electron chi connectivity index (χ2n) is 6.81. The molecule has 106 valence electrons. The van der Waals surface area contributed by atoms with Crippen molar-refractivity contribution in [2.75, 3.05) is 13.6 Å². The van der Waals surface area contributed by atoms with Crippen LogP contribution in [0.2, 0.25) is 0 Å². The quantitative estimate of drug-likeness (QED) is 0.779. The molecule has 18 heavy (non-hydrogen) atoms. The van der Waals surface area contributed by atoms with Gasteiger partial charge in [0.25, 0.3) is 0 Å². The summed E-state index contributed by atoms with van der Waals surface area (Å²) in [6.07, 6.45) is 11.4. The lowest BCUT2D eigenvalue weighted by Gasteiger charge is -2.35. The highest BCUT2D eigenvalue weighted by Gasteiger charge is 2.33. The van der Waals surface area contributed by atoms with E-state index < -0.39 is 0 Å². The molecule has 2 aliphatic carbocycles. The van der Waals surface area contributed by atoms with E-state index in [0.29, 0.717) is 0 Å². The molecule has 0 aliphatic heterocycles. The molecule has 2 fully saturated rings. The van der Waals surface area contributed by atoms with E-state index in [1.54, 1.807) is 0 Å². The lowest BCUT2D eigenvalue weighted by molar-refractivity contribution is 0.128. The minimum absolute atomic E-state index is 0.776. The van der Waals surface area contributed by atoms with Crippen molar-refractivity contribution in [1.29, 1.82) is 0 Å². The smallest absolute Gasteiger partial charge is 0.0114 e. The Balaban J connectivity index is 1.91. The molecule has 0 aromatic heterocycles. The van der Waals surface area contributed by atoms with Gasteiger partial charge in [-0.25, -0.2) is 0 Å². The topological polar surface area (TPSA) is 15.3 Å². The van der Waals surface area contributed by atoms with E-state index in [2.05, 4.69) is 31.1 Å². The molecule has 0 radical (unpaired) electrons. The highest BCUT2D eigenvalue weighted by molar-refractivity contribution is 4.90. The fourth-order valence-corrected chi connectivity index (χ4v) is 3.83. The molecule has 0 heterocycles. The summed E-state index contributed by atoms with van der Waals surface area (Å²) in [5.74, 6) is 0.843. The molecule has 2 nitrogen and oxygen atoms in total. The summed E-state index contributed by atoms with van der Waals surface area (Å²) in [5.41, 5.74) is 0. The summed E-state index contributed by atoms with van der Waals surface area (Å²) in [6.45, 7) is 6.05. The molecule has 2 heteroatoms. The minimum atomic E-state index is 0.776. The molecule has 2 saturated carbocycles. The van der Waals surface area contributed by atoms with E-state index in [4.69, 9.17) is 0 Å².